The summed E-state index contributed by atoms with van der Waals surface area (Å²) in [6, 6.07) is 0. The molecule has 86 valence electrons. The molecule has 0 spiro atoms. The van der Waals surface area contributed by atoms with Crippen LogP contribution in [0.5, 0.6) is 0 Å². The van der Waals surface area contributed by atoms with Crippen molar-refractivity contribution >= 4 is 0 Å². The van der Waals surface area contributed by atoms with Crippen LogP contribution in [0.4, 0.5) is 0 Å². The summed E-state index contributed by atoms with van der Waals surface area (Å²) in [5.74, 6) is 1.23. The fourth-order valence-corrected chi connectivity index (χ4v) is 2.30. The Morgan fingerprint density at radius 2 is 1.67 bits per heavy atom. The Bertz CT molecular complexity index is 235. The topological polar surface area (TPSA) is 18.5 Å². The molecule has 0 aromatic heterocycles. The molecule has 2 atom stereocenters. The fourth-order valence-electron chi connectivity index (χ4n) is 2.30. The molecular weight excluding hydrogens is 188 g/mol. The Kier molecular flexibility index (Phi) is 3.17. The standard InChI is InChI=1S/C13H22O2/c1-10-6-4-5-7-11(10)12-14-8-13(2,3)9-15-12/h4-5,10-12H,6-9H2,1-3H3/t10-,11+/m1/s1. The summed E-state index contributed by atoms with van der Waals surface area (Å²) in [7, 11) is 0. The minimum absolute atomic E-state index is 0.0259. The van der Waals surface area contributed by atoms with Crippen molar-refractivity contribution in [3.63, 3.8) is 0 Å². The zero-order valence-corrected chi connectivity index (χ0v) is 10.0. The number of hydrogen-bond donors (Lipinski definition) is 0. The Balaban J connectivity index is 1.92. The van der Waals surface area contributed by atoms with Crippen molar-refractivity contribution in [1.82, 2.24) is 0 Å². The molecule has 1 aliphatic carbocycles. The van der Waals surface area contributed by atoms with Gasteiger partial charge in [0.15, 0.2) is 6.29 Å². The van der Waals surface area contributed by atoms with Crippen LogP contribution in [-0.4, -0.2) is 19.5 Å². The smallest absolute Gasteiger partial charge is 0.160 e. The lowest BCUT2D eigenvalue weighted by molar-refractivity contribution is -0.249. The third-order valence-electron chi connectivity index (χ3n) is 3.44. The second-order valence-corrected chi connectivity index (χ2v) is 5.74. The van der Waals surface area contributed by atoms with Gasteiger partial charge in [0.1, 0.15) is 0 Å². The minimum atomic E-state index is 0.0259. The maximum absolute atomic E-state index is 5.85. The lowest BCUT2D eigenvalue weighted by atomic mass is 9.83. The first-order valence-electron chi connectivity index (χ1n) is 5.97. The number of hydrogen-bond acceptors (Lipinski definition) is 2. The molecule has 0 radical (unpaired) electrons. The second-order valence-electron chi connectivity index (χ2n) is 5.74. The first kappa shape index (κ1) is 11.2. The van der Waals surface area contributed by atoms with Gasteiger partial charge in [-0.3, -0.25) is 0 Å². The molecule has 1 saturated heterocycles. The molecule has 1 aliphatic heterocycles. The summed E-state index contributed by atoms with van der Waals surface area (Å²) in [6.07, 6.45) is 6.83. The zero-order valence-electron chi connectivity index (χ0n) is 10.0. The molecule has 0 amide bonds. The Morgan fingerprint density at radius 3 is 2.27 bits per heavy atom. The van der Waals surface area contributed by atoms with Crippen LogP contribution in [0.25, 0.3) is 0 Å². The van der Waals surface area contributed by atoms with E-state index in [0.29, 0.717) is 11.8 Å². The van der Waals surface area contributed by atoms with Crippen molar-refractivity contribution in [3.8, 4) is 0 Å². The van der Waals surface area contributed by atoms with Gasteiger partial charge in [-0.15, -0.1) is 0 Å². The third kappa shape index (κ3) is 2.61. The van der Waals surface area contributed by atoms with Crippen molar-refractivity contribution in [1.29, 1.82) is 0 Å². The SMILES string of the molecule is C[C@@H]1CC=CC[C@@H]1C1OCC(C)(C)CO1. The normalized spacial score (nSPS) is 36.7. The average Bonchev–Trinajstić information content (AvgIpc) is 2.19. The van der Waals surface area contributed by atoms with E-state index in [-0.39, 0.29) is 11.7 Å². The van der Waals surface area contributed by atoms with Crippen LogP contribution in [0.2, 0.25) is 0 Å². The van der Waals surface area contributed by atoms with Gasteiger partial charge in [0, 0.05) is 11.3 Å². The first-order valence-corrected chi connectivity index (χ1v) is 5.97. The van der Waals surface area contributed by atoms with E-state index in [0.717, 1.165) is 26.1 Å². The van der Waals surface area contributed by atoms with Crippen LogP contribution in [0.1, 0.15) is 33.6 Å². The monoisotopic (exact) mass is 210 g/mol. The molecule has 1 heterocycles. The van der Waals surface area contributed by atoms with Gasteiger partial charge in [-0.2, -0.15) is 0 Å². The van der Waals surface area contributed by atoms with Crippen molar-refractivity contribution in [2.24, 2.45) is 17.3 Å². The lowest BCUT2D eigenvalue weighted by Crippen LogP contribution is -2.43. The Labute approximate surface area is 92.6 Å². The van der Waals surface area contributed by atoms with E-state index < -0.39 is 0 Å². The molecule has 2 nitrogen and oxygen atoms in total. The third-order valence-corrected chi connectivity index (χ3v) is 3.44. The van der Waals surface area contributed by atoms with Crippen LogP contribution < -0.4 is 0 Å². The molecule has 0 unspecified atom stereocenters. The van der Waals surface area contributed by atoms with Crippen molar-refractivity contribution < 1.29 is 9.47 Å². The van der Waals surface area contributed by atoms with E-state index in [2.05, 4.69) is 32.9 Å². The van der Waals surface area contributed by atoms with E-state index >= 15 is 0 Å². The summed E-state index contributed by atoms with van der Waals surface area (Å²) >= 11 is 0. The molecule has 0 aromatic carbocycles. The first-order chi connectivity index (χ1) is 7.08. The maximum Gasteiger partial charge on any atom is 0.160 e. The summed E-state index contributed by atoms with van der Waals surface area (Å²) in [5.41, 5.74) is 0.185. The van der Waals surface area contributed by atoms with Gasteiger partial charge in [-0.1, -0.05) is 32.9 Å². The molecule has 15 heavy (non-hydrogen) atoms. The van der Waals surface area contributed by atoms with Crippen LogP contribution in [-0.2, 0) is 9.47 Å². The quantitative estimate of drug-likeness (QED) is 0.619. The highest BCUT2D eigenvalue weighted by Gasteiger charge is 2.35. The lowest BCUT2D eigenvalue weighted by Gasteiger charge is -2.40. The minimum Gasteiger partial charge on any atom is -0.352 e. The van der Waals surface area contributed by atoms with Crippen molar-refractivity contribution in [2.75, 3.05) is 13.2 Å². The second kappa shape index (κ2) is 4.26. The summed E-state index contributed by atoms with van der Waals surface area (Å²) < 4.78 is 11.7. The van der Waals surface area contributed by atoms with Crippen molar-refractivity contribution in [2.45, 2.75) is 39.9 Å². The maximum atomic E-state index is 5.85. The molecule has 2 rings (SSSR count). The Hall–Kier alpha value is -0.340. The van der Waals surface area contributed by atoms with E-state index in [1.807, 2.05) is 0 Å². The molecular formula is C13H22O2. The van der Waals surface area contributed by atoms with Gasteiger partial charge >= 0.3 is 0 Å². The van der Waals surface area contributed by atoms with E-state index in [1.54, 1.807) is 0 Å². The van der Waals surface area contributed by atoms with Gasteiger partial charge in [-0.25, -0.2) is 0 Å². The van der Waals surface area contributed by atoms with Crippen LogP contribution in [0.15, 0.2) is 12.2 Å². The predicted octanol–water partition coefficient (Wildman–Crippen LogP) is 2.99. The van der Waals surface area contributed by atoms with Gasteiger partial charge < -0.3 is 9.47 Å². The number of allylic oxidation sites excluding steroid dienone is 2. The van der Waals surface area contributed by atoms with E-state index in [9.17, 15) is 0 Å². The molecule has 2 aliphatic rings. The summed E-state index contributed by atoms with van der Waals surface area (Å²) in [4.78, 5) is 0. The predicted molar refractivity (Wildman–Crippen MR) is 60.5 cm³/mol. The fraction of sp³-hybridized carbons (Fsp3) is 0.846. The summed E-state index contributed by atoms with van der Waals surface area (Å²) in [5, 5.41) is 0. The van der Waals surface area contributed by atoms with Gasteiger partial charge in [-0.05, 0) is 18.8 Å². The summed E-state index contributed by atoms with van der Waals surface area (Å²) in [6.45, 7) is 8.32. The van der Waals surface area contributed by atoms with Gasteiger partial charge in [0.05, 0.1) is 13.2 Å². The van der Waals surface area contributed by atoms with Crippen LogP contribution >= 0.6 is 0 Å². The van der Waals surface area contributed by atoms with E-state index in [4.69, 9.17) is 9.47 Å². The number of ether oxygens (including phenoxy) is 2. The zero-order chi connectivity index (χ0) is 10.9. The Morgan fingerprint density at radius 1 is 1.07 bits per heavy atom. The van der Waals surface area contributed by atoms with Crippen LogP contribution in [0.3, 0.4) is 0 Å². The highest BCUT2D eigenvalue weighted by molar-refractivity contribution is 4.94. The largest absolute Gasteiger partial charge is 0.352 e. The van der Waals surface area contributed by atoms with Crippen molar-refractivity contribution in [3.05, 3.63) is 12.2 Å². The van der Waals surface area contributed by atoms with Crippen LogP contribution in [0, 0.1) is 17.3 Å². The molecule has 0 aromatic rings. The molecule has 0 bridgehead atoms. The van der Waals surface area contributed by atoms with Gasteiger partial charge in [0.25, 0.3) is 0 Å². The average molecular weight is 210 g/mol. The molecule has 1 fully saturated rings. The van der Waals surface area contributed by atoms with Gasteiger partial charge in [0.2, 0.25) is 0 Å². The molecule has 2 heteroatoms. The molecule has 0 saturated carbocycles. The molecule has 0 N–H and O–H groups in total. The highest BCUT2D eigenvalue weighted by atomic mass is 16.7. The van der Waals surface area contributed by atoms with E-state index in [1.165, 1.54) is 0 Å². The number of rotatable bonds is 1. The highest BCUT2D eigenvalue weighted by Crippen LogP contribution is 2.34.